The van der Waals surface area contributed by atoms with Gasteiger partial charge >= 0.3 is 0 Å². The average molecular weight is 1570 g/mol. The van der Waals surface area contributed by atoms with Crippen molar-refractivity contribution < 1.29 is 9.59 Å². The van der Waals surface area contributed by atoms with Crippen LogP contribution in [0.1, 0.15) is 261 Å². The second-order valence-corrected chi connectivity index (χ2v) is 29.2. The summed E-state index contributed by atoms with van der Waals surface area (Å²) in [4.78, 5) is 23.7. The highest BCUT2D eigenvalue weighted by Crippen LogP contribution is 2.40. The van der Waals surface area contributed by atoms with Crippen LogP contribution in [-0.2, 0) is 16.2 Å². The number of carbonyl (C=O) groups is 2. The number of rotatable bonds is 14. The minimum Gasteiger partial charge on any atom is -0.289 e. The molecular weight excluding hydrogens is 1430 g/mol. The molecule has 0 atom stereocenters. The third-order valence-electron chi connectivity index (χ3n) is 20.1. The predicted octanol–water partition coefficient (Wildman–Crippen LogP) is 32.7. The van der Waals surface area contributed by atoms with E-state index < -0.39 is 0 Å². The summed E-state index contributed by atoms with van der Waals surface area (Å²) in [6.45, 7) is 54.6. The lowest BCUT2D eigenvalue weighted by Crippen LogP contribution is -2.25. The Morgan fingerprint density at radius 1 is 0.178 bits per heavy atom. The molecule has 0 aromatic heterocycles. The number of hydrogen-bond donors (Lipinski definition) is 0. The normalized spacial score (nSPS) is 10.1. The zero-order chi connectivity index (χ0) is 87.6. The Morgan fingerprint density at radius 2 is 0.314 bits per heavy atom. The minimum absolute atomic E-state index is 0.0708. The smallest absolute Gasteiger partial charge is 0.193 e. The van der Waals surface area contributed by atoms with E-state index in [-0.39, 0.29) is 27.8 Å². The van der Waals surface area contributed by atoms with Crippen LogP contribution in [0.3, 0.4) is 0 Å². The molecule has 2 nitrogen and oxygen atoms in total. The van der Waals surface area contributed by atoms with Gasteiger partial charge in [-0.25, -0.2) is 0 Å². The molecular formula is C116H140O2. The topological polar surface area (TPSA) is 34.1 Å². The molecule has 14 aromatic carbocycles. The molecule has 0 N–H and O–H groups in total. The average Bonchev–Trinajstić information content (AvgIpc) is 0.767. The molecule has 118 heavy (non-hydrogen) atoms. The first-order valence-corrected chi connectivity index (χ1v) is 43.0. The lowest BCUT2D eigenvalue weighted by atomic mass is 9.71. The van der Waals surface area contributed by atoms with Crippen LogP contribution < -0.4 is 0 Å². The fourth-order valence-electron chi connectivity index (χ4n) is 12.8. The molecule has 14 aromatic rings. The van der Waals surface area contributed by atoms with Gasteiger partial charge < -0.3 is 0 Å². The summed E-state index contributed by atoms with van der Waals surface area (Å²) in [5.74, 6) is 0.444. The fraction of sp³-hybridized carbons (Fsp3) is 0.259. The highest BCUT2D eigenvalue weighted by atomic mass is 16.1. The van der Waals surface area contributed by atoms with Gasteiger partial charge in [0.2, 0.25) is 0 Å². The summed E-state index contributed by atoms with van der Waals surface area (Å²) in [5, 5.41) is 0. The molecule has 2 heteroatoms. The van der Waals surface area contributed by atoms with Crippen LogP contribution in [0.4, 0.5) is 0 Å². The highest BCUT2D eigenvalue weighted by molar-refractivity contribution is 6.09. The summed E-state index contributed by atoms with van der Waals surface area (Å²) in [6, 6.07) is 128. The second-order valence-electron chi connectivity index (χ2n) is 29.2. The van der Waals surface area contributed by atoms with Crippen molar-refractivity contribution in [3.05, 3.63) is 498 Å². The minimum atomic E-state index is -0.144. The number of hydrogen-bond acceptors (Lipinski definition) is 2. The maximum absolute atomic E-state index is 11.8. The van der Waals surface area contributed by atoms with E-state index in [0.717, 1.165) is 22.3 Å². The largest absolute Gasteiger partial charge is 0.289 e. The Hall–Kier alpha value is -11.6. The van der Waals surface area contributed by atoms with Crippen molar-refractivity contribution >= 4 is 11.6 Å². The molecule has 0 spiro atoms. The van der Waals surface area contributed by atoms with Crippen LogP contribution >= 0.6 is 0 Å². The number of benzene rings is 14. The molecule has 0 aliphatic rings. The Morgan fingerprint density at radius 3 is 0.483 bits per heavy atom. The molecule has 0 aliphatic heterocycles. The molecule has 0 fully saturated rings. The molecule has 0 unspecified atom stereocenters. The van der Waals surface area contributed by atoms with Gasteiger partial charge in [0.15, 0.2) is 11.6 Å². The standard InChI is InChI=1S/C23H24.C22H22.C17H20.C16H18.2C13H10O.6C2H6/c1-17-5-11-20(12-6-17)23(4,21-13-7-18(2)8-14-21)22-15-9-19(3)10-16-22;1-16-4-10-19(11-5-16)22(20-12-6-17(2)7-13-20)21-14-8-18(3)9-15-21;1-13-5-9-15(10-6-13)17(3,4)16-11-7-14(2)8-12-16;1-13-9-11-15(12-10-13)16(2,3)14-7-5-4-6-8-14;2*14-13(11-7-3-1-4-8-11)12-9-5-2-6-10-12;6*1-2/h5-16H,1-4H3;4-15,22H,1-3H3;5-12H,1-4H3;4-12H,1-3H3;2*1-10H;6*1-2H3. The van der Waals surface area contributed by atoms with E-state index in [2.05, 4.69) is 346 Å². The lowest BCUT2D eigenvalue weighted by molar-refractivity contribution is 0.103. The van der Waals surface area contributed by atoms with E-state index in [9.17, 15) is 9.59 Å². The molecule has 0 amide bonds. The second kappa shape index (κ2) is 54.4. The first-order valence-electron chi connectivity index (χ1n) is 43.0. The van der Waals surface area contributed by atoms with Crippen molar-refractivity contribution in [2.45, 2.75) is 202 Å². The predicted molar refractivity (Wildman–Crippen MR) is 519 cm³/mol. The number of ketones is 2. The third kappa shape index (κ3) is 31.5. The van der Waals surface area contributed by atoms with Crippen molar-refractivity contribution in [3.63, 3.8) is 0 Å². The van der Waals surface area contributed by atoms with Crippen molar-refractivity contribution in [2.24, 2.45) is 0 Å². The van der Waals surface area contributed by atoms with E-state index in [0.29, 0.717) is 5.92 Å². The van der Waals surface area contributed by atoms with Crippen molar-refractivity contribution in [3.8, 4) is 0 Å². The van der Waals surface area contributed by atoms with Crippen LogP contribution in [0.2, 0.25) is 0 Å². The molecule has 0 heterocycles. The Labute approximate surface area is 716 Å². The SMILES string of the molecule is CC.CC.CC.CC.CC.CC.Cc1ccc(C(C)(C)c2ccc(C)cc2)cc1.Cc1ccc(C(C)(C)c2ccccc2)cc1.Cc1ccc(C(C)(c2ccc(C)cc2)c2ccc(C)cc2)cc1.Cc1ccc(C(c2ccc(C)cc2)c2ccc(C)cc2)cc1.O=C(c1ccccc1)c1ccccc1.O=C(c1ccccc1)c1ccccc1. The van der Waals surface area contributed by atoms with Gasteiger partial charge in [-0.3, -0.25) is 9.59 Å². The fourth-order valence-corrected chi connectivity index (χ4v) is 12.8. The van der Waals surface area contributed by atoms with Crippen molar-refractivity contribution in [2.75, 3.05) is 0 Å². The van der Waals surface area contributed by atoms with Gasteiger partial charge in [0.05, 0.1) is 0 Å². The molecule has 0 saturated carbocycles. The van der Waals surface area contributed by atoms with E-state index in [1.807, 2.05) is 204 Å². The Bertz CT molecular complexity index is 4490. The first kappa shape index (κ1) is 101. The van der Waals surface area contributed by atoms with Crippen LogP contribution in [0, 0.1) is 62.3 Å². The molecule has 14 rings (SSSR count). The summed E-state index contributed by atoms with van der Waals surface area (Å²) in [5.41, 5.74) is 28.2. The molecule has 0 saturated heterocycles. The van der Waals surface area contributed by atoms with Gasteiger partial charge in [-0.05, 0) is 125 Å². The van der Waals surface area contributed by atoms with Gasteiger partial charge in [-0.1, -0.05) is 531 Å². The molecule has 616 valence electrons. The monoisotopic (exact) mass is 1570 g/mol. The van der Waals surface area contributed by atoms with E-state index >= 15 is 0 Å². The first-order chi connectivity index (χ1) is 57.0. The quantitative estimate of drug-likeness (QED) is 0.0803. The van der Waals surface area contributed by atoms with Gasteiger partial charge in [-0.15, -0.1) is 0 Å². The Kier molecular flexibility index (Phi) is 46.3. The van der Waals surface area contributed by atoms with E-state index in [4.69, 9.17) is 0 Å². The summed E-state index contributed by atoms with van der Waals surface area (Å²) >= 11 is 0. The molecule has 0 bridgehead atoms. The molecule has 0 radical (unpaired) electrons. The van der Waals surface area contributed by atoms with Gasteiger partial charge in [0.1, 0.15) is 0 Å². The van der Waals surface area contributed by atoms with Crippen molar-refractivity contribution in [1.29, 1.82) is 0 Å². The third-order valence-corrected chi connectivity index (χ3v) is 20.1. The summed E-state index contributed by atoms with van der Waals surface area (Å²) < 4.78 is 0. The number of aryl methyl sites for hydroxylation is 9. The zero-order valence-electron chi connectivity index (χ0n) is 76.6. The maximum Gasteiger partial charge on any atom is 0.193 e. The van der Waals surface area contributed by atoms with E-state index in [1.54, 1.807) is 0 Å². The van der Waals surface area contributed by atoms with Crippen LogP contribution in [0.15, 0.2) is 370 Å². The highest BCUT2D eigenvalue weighted by Gasteiger charge is 2.31. The summed E-state index contributed by atoms with van der Waals surface area (Å²) in [6.07, 6.45) is 0. The summed E-state index contributed by atoms with van der Waals surface area (Å²) in [7, 11) is 0. The van der Waals surface area contributed by atoms with Crippen LogP contribution in [-0.4, -0.2) is 11.6 Å². The van der Waals surface area contributed by atoms with Gasteiger partial charge in [-0.2, -0.15) is 0 Å². The van der Waals surface area contributed by atoms with Gasteiger partial charge in [0.25, 0.3) is 0 Å². The van der Waals surface area contributed by atoms with Crippen LogP contribution in [0.25, 0.3) is 0 Å². The Balaban J connectivity index is 0.000000359. The maximum atomic E-state index is 11.8. The van der Waals surface area contributed by atoms with Gasteiger partial charge in [0, 0.05) is 44.4 Å². The van der Waals surface area contributed by atoms with E-state index in [1.165, 1.54) is 106 Å². The molecule has 0 aliphatic carbocycles. The lowest BCUT2D eigenvalue weighted by Gasteiger charge is -2.32. The van der Waals surface area contributed by atoms with Crippen LogP contribution in [0.5, 0.6) is 0 Å². The van der Waals surface area contributed by atoms with Crippen molar-refractivity contribution in [1.82, 2.24) is 0 Å². The number of carbonyl (C=O) groups excluding carboxylic acids is 2. The zero-order valence-corrected chi connectivity index (χ0v) is 76.6.